The SMILES string of the molecule is O=C(Nc1ccn(S(=O)(=O)Cc2c(F)cccc2F)c1)c1ccccn1. The molecule has 0 fully saturated rings. The van der Waals surface area contributed by atoms with Gasteiger partial charge in [0.15, 0.2) is 0 Å². The molecule has 0 atom stereocenters. The first-order valence-electron chi connectivity index (χ1n) is 7.43. The highest BCUT2D eigenvalue weighted by molar-refractivity contribution is 7.89. The van der Waals surface area contributed by atoms with E-state index < -0.39 is 38.9 Å². The number of aromatic nitrogens is 2. The topological polar surface area (TPSA) is 81.1 Å². The highest BCUT2D eigenvalue weighted by Gasteiger charge is 2.20. The van der Waals surface area contributed by atoms with Gasteiger partial charge in [0.05, 0.1) is 5.69 Å². The molecule has 0 saturated carbocycles. The fourth-order valence-corrected chi connectivity index (χ4v) is 3.55. The number of hydrogen-bond donors (Lipinski definition) is 1. The third-order valence-corrected chi connectivity index (χ3v) is 5.06. The van der Waals surface area contributed by atoms with Gasteiger partial charge in [0.2, 0.25) is 10.0 Å². The predicted molar refractivity (Wildman–Crippen MR) is 91.0 cm³/mol. The number of benzene rings is 1. The average molecular weight is 377 g/mol. The van der Waals surface area contributed by atoms with Gasteiger partial charge in [-0.2, -0.15) is 0 Å². The van der Waals surface area contributed by atoms with E-state index in [-0.39, 0.29) is 11.4 Å². The van der Waals surface area contributed by atoms with E-state index in [0.29, 0.717) is 0 Å². The van der Waals surface area contributed by atoms with Gasteiger partial charge < -0.3 is 5.32 Å². The van der Waals surface area contributed by atoms with Gasteiger partial charge in [0.1, 0.15) is 23.1 Å². The van der Waals surface area contributed by atoms with Crippen molar-refractivity contribution < 1.29 is 22.0 Å². The number of anilines is 1. The van der Waals surface area contributed by atoms with Crippen molar-refractivity contribution in [2.45, 2.75) is 5.75 Å². The Labute approximate surface area is 148 Å². The zero-order chi connectivity index (χ0) is 18.7. The lowest BCUT2D eigenvalue weighted by Gasteiger charge is -2.08. The Balaban J connectivity index is 1.79. The van der Waals surface area contributed by atoms with Crippen molar-refractivity contribution in [3.63, 3.8) is 0 Å². The van der Waals surface area contributed by atoms with Gasteiger partial charge in [-0.25, -0.2) is 17.2 Å². The number of nitrogens with zero attached hydrogens (tertiary/aromatic N) is 2. The molecule has 1 aromatic carbocycles. The summed E-state index contributed by atoms with van der Waals surface area (Å²) in [6.45, 7) is 0. The lowest BCUT2D eigenvalue weighted by atomic mass is 10.2. The van der Waals surface area contributed by atoms with Crippen molar-refractivity contribution >= 4 is 21.6 Å². The second kappa shape index (κ2) is 7.04. The van der Waals surface area contributed by atoms with Gasteiger partial charge >= 0.3 is 0 Å². The van der Waals surface area contributed by atoms with Crippen LogP contribution in [-0.2, 0) is 15.8 Å². The summed E-state index contributed by atoms with van der Waals surface area (Å²) in [6, 6.07) is 9.29. The quantitative estimate of drug-likeness (QED) is 0.741. The Morgan fingerprint density at radius 2 is 1.81 bits per heavy atom. The minimum atomic E-state index is -4.07. The predicted octanol–water partition coefficient (Wildman–Crippen LogP) is 2.79. The van der Waals surface area contributed by atoms with Crippen molar-refractivity contribution in [2.75, 3.05) is 5.32 Å². The van der Waals surface area contributed by atoms with Crippen molar-refractivity contribution in [1.82, 2.24) is 8.96 Å². The summed E-state index contributed by atoms with van der Waals surface area (Å²) in [5.74, 6) is -3.25. The van der Waals surface area contributed by atoms with Gasteiger partial charge in [-0.1, -0.05) is 12.1 Å². The standard InChI is InChI=1S/C17H13F2N3O3S/c18-14-4-3-5-15(19)13(14)11-26(24,25)22-9-7-12(10-22)21-17(23)16-6-1-2-8-20-16/h1-10H,11H2,(H,21,23). The minimum absolute atomic E-state index is 0.163. The van der Waals surface area contributed by atoms with Gasteiger partial charge in [-0.3, -0.25) is 13.8 Å². The maximum Gasteiger partial charge on any atom is 0.274 e. The van der Waals surface area contributed by atoms with Crippen LogP contribution >= 0.6 is 0 Å². The summed E-state index contributed by atoms with van der Waals surface area (Å²) in [7, 11) is -4.07. The van der Waals surface area contributed by atoms with Crippen LogP contribution in [0, 0.1) is 11.6 Å². The zero-order valence-electron chi connectivity index (χ0n) is 13.3. The normalized spacial score (nSPS) is 11.3. The number of hydrogen-bond acceptors (Lipinski definition) is 4. The number of pyridine rings is 1. The Morgan fingerprint density at radius 1 is 1.08 bits per heavy atom. The maximum atomic E-state index is 13.7. The van der Waals surface area contributed by atoms with Crippen LogP contribution in [0.1, 0.15) is 16.1 Å². The summed E-state index contributed by atoms with van der Waals surface area (Å²) in [6.07, 6.45) is 3.78. The number of carbonyl (C=O) groups excluding carboxylic acids is 1. The van der Waals surface area contributed by atoms with Crippen LogP contribution in [0.2, 0.25) is 0 Å². The first-order chi connectivity index (χ1) is 12.4. The van der Waals surface area contributed by atoms with Crippen LogP contribution in [-0.4, -0.2) is 23.3 Å². The van der Waals surface area contributed by atoms with Crippen LogP contribution in [0.4, 0.5) is 14.5 Å². The number of rotatable bonds is 5. The van der Waals surface area contributed by atoms with E-state index in [0.717, 1.165) is 28.4 Å². The monoisotopic (exact) mass is 377 g/mol. The molecule has 2 aromatic heterocycles. The first-order valence-corrected chi connectivity index (χ1v) is 9.04. The zero-order valence-corrected chi connectivity index (χ0v) is 14.1. The summed E-state index contributed by atoms with van der Waals surface area (Å²) in [5, 5.41) is 2.50. The molecule has 3 rings (SSSR count). The van der Waals surface area contributed by atoms with Crippen molar-refractivity contribution in [3.05, 3.63) is 83.9 Å². The van der Waals surface area contributed by atoms with E-state index in [1.54, 1.807) is 12.1 Å². The third-order valence-electron chi connectivity index (χ3n) is 3.53. The summed E-state index contributed by atoms with van der Waals surface area (Å²) in [4.78, 5) is 15.9. The molecule has 0 spiro atoms. The molecule has 0 saturated heterocycles. The highest BCUT2D eigenvalue weighted by atomic mass is 32.2. The molecule has 6 nitrogen and oxygen atoms in total. The summed E-state index contributed by atoms with van der Waals surface area (Å²) < 4.78 is 52.9. The molecule has 0 radical (unpaired) electrons. The molecule has 1 amide bonds. The third kappa shape index (κ3) is 3.77. The van der Waals surface area contributed by atoms with Crippen molar-refractivity contribution in [3.8, 4) is 0 Å². The summed E-state index contributed by atoms with van der Waals surface area (Å²) >= 11 is 0. The highest BCUT2D eigenvalue weighted by Crippen LogP contribution is 2.19. The van der Waals surface area contributed by atoms with E-state index in [2.05, 4.69) is 10.3 Å². The smallest absolute Gasteiger partial charge is 0.274 e. The Morgan fingerprint density at radius 3 is 2.46 bits per heavy atom. The first kappa shape index (κ1) is 17.7. The van der Waals surface area contributed by atoms with Crippen molar-refractivity contribution in [2.24, 2.45) is 0 Å². The second-order valence-corrected chi connectivity index (χ2v) is 7.23. The fourth-order valence-electron chi connectivity index (χ4n) is 2.24. The molecule has 0 aliphatic carbocycles. The van der Waals surface area contributed by atoms with Crippen LogP contribution in [0.25, 0.3) is 0 Å². The van der Waals surface area contributed by atoms with Crippen molar-refractivity contribution in [1.29, 1.82) is 0 Å². The average Bonchev–Trinajstić information content (AvgIpc) is 3.08. The van der Waals surface area contributed by atoms with Crippen LogP contribution in [0.5, 0.6) is 0 Å². The molecule has 134 valence electrons. The van der Waals surface area contributed by atoms with E-state index in [4.69, 9.17) is 0 Å². The van der Waals surface area contributed by atoms with E-state index in [9.17, 15) is 22.0 Å². The minimum Gasteiger partial charge on any atom is -0.319 e. The molecule has 0 aliphatic heterocycles. The Bertz CT molecular complexity index is 1030. The lowest BCUT2D eigenvalue weighted by Crippen LogP contribution is -2.16. The Kier molecular flexibility index (Phi) is 4.81. The van der Waals surface area contributed by atoms with Gasteiger partial charge in [0, 0.05) is 24.2 Å². The molecule has 0 bridgehead atoms. The molecule has 0 unspecified atom stereocenters. The number of carbonyl (C=O) groups is 1. The van der Waals surface area contributed by atoms with Crippen LogP contribution in [0.15, 0.2) is 61.1 Å². The van der Waals surface area contributed by atoms with E-state index in [1.165, 1.54) is 24.5 Å². The maximum absolute atomic E-state index is 13.7. The number of nitrogens with one attached hydrogen (secondary N) is 1. The molecule has 2 heterocycles. The molecule has 3 aromatic rings. The molecule has 1 N–H and O–H groups in total. The molecule has 26 heavy (non-hydrogen) atoms. The Hall–Kier alpha value is -3.07. The molecule has 9 heteroatoms. The van der Waals surface area contributed by atoms with Gasteiger partial charge in [-0.05, 0) is 30.3 Å². The van der Waals surface area contributed by atoms with Crippen LogP contribution in [0.3, 0.4) is 0 Å². The molecular weight excluding hydrogens is 364 g/mol. The molecule has 0 aliphatic rings. The van der Waals surface area contributed by atoms with E-state index >= 15 is 0 Å². The lowest BCUT2D eigenvalue weighted by molar-refractivity contribution is 0.102. The van der Waals surface area contributed by atoms with Crippen LogP contribution < -0.4 is 5.32 Å². The van der Waals surface area contributed by atoms with E-state index in [1.807, 2.05) is 0 Å². The number of halogens is 2. The van der Waals surface area contributed by atoms with Gasteiger partial charge in [0.25, 0.3) is 5.91 Å². The molecular formula is C17H13F2N3O3S. The second-order valence-electron chi connectivity index (χ2n) is 5.36. The fraction of sp³-hybridized carbons (Fsp3) is 0.0588. The number of amides is 1. The van der Waals surface area contributed by atoms with Gasteiger partial charge in [-0.15, -0.1) is 0 Å². The summed E-state index contributed by atoms with van der Waals surface area (Å²) in [5.41, 5.74) is -0.171. The largest absolute Gasteiger partial charge is 0.319 e.